The van der Waals surface area contributed by atoms with Crippen LogP contribution in [0.3, 0.4) is 0 Å². The van der Waals surface area contributed by atoms with E-state index in [9.17, 15) is 4.57 Å². The van der Waals surface area contributed by atoms with Gasteiger partial charge < -0.3 is 0 Å². The van der Waals surface area contributed by atoms with Gasteiger partial charge in [0, 0.05) is 0 Å². The van der Waals surface area contributed by atoms with Gasteiger partial charge in [0.2, 0.25) is 0 Å². The van der Waals surface area contributed by atoms with E-state index >= 15 is 0 Å². The molecule has 4 rings (SSSR count). The fourth-order valence-electron chi connectivity index (χ4n) is 6.02. The lowest BCUT2D eigenvalue weighted by atomic mass is 9.90. The molecular weight excluding hydrogens is 535 g/mol. The van der Waals surface area contributed by atoms with Gasteiger partial charge in [0.25, 0.3) is 0 Å². The van der Waals surface area contributed by atoms with Crippen molar-refractivity contribution in [2.75, 3.05) is 0 Å². The Morgan fingerprint density at radius 2 is 0.952 bits per heavy atom. The van der Waals surface area contributed by atoms with Gasteiger partial charge in [-0.1, -0.05) is 100 Å². The first-order valence-corrected chi connectivity index (χ1v) is 16.7. The molecule has 0 amide bonds. The first-order chi connectivity index (χ1) is 20.2. The third-order valence-electron chi connectivity index (χ3n) is 8.75. The van der Waals surface area contributed by atoms with E-state index in [1.54, 1.807) is 0 Å². The fraction of sp³-hybridized carbons (Fsp3) is 0.368. The summed E-state index contributed by atoms with van der Waals surface area (Å²) in [6.07, 6.45) is 2.63. The van der Waals surface area contributed by atoms with Crippen LogP contribution in [0.1, 0.15) is 107 Å². The summed E-state index contributed by atoms with van der Waals surface area (Å²) in [5, 5.41) is 0. The van der Waals surface area contributed by atoms with Gasteiger partial charge in [-0.3, -0.25) is 13.6 Å². The molecule has 3 nitrogen and oxygen atoms in total. The van der Waals surface area contributed by atoms with E-state index in [2.05, 4.69) is 128 Å². The number of aryl methyl sites for hydroxylation is 6. The molecule has 0 saturated heterocycles. The van der Waals surface area contributed by atoms with Crippen molar-refractivity contribution in [3.8, 4) is 0 Å². The average Bonchev–Trinajstić information content (AvgIpc) is 3.00. The van der Waals surface area contributed by atoms with Gasteiger partial charge in [0.1, 0.15) is 12.2 Å². The molecule has 0 saturated carbocycles. The SMILES string of the molecule is CCc1cccc(C(O[PH](=O)OC(c2ccc(C)c(C)c2)c2cccc(CC)c2CC)c2ccc(C)c(C)c2)c1CC. The lowest BCUT2D eigenvalue weighted by Crippen LogP contribution is -2.11. The predicted molar refractivity (Wildman–Crippen MR) is 177 cm³/mol. The second-order valence-electron chi connectivity index (χ2n) is 11.3. The van der Waals surface area contributed by atoms with Gasteiger partial charge in [0.05, 0.1) is 0 Å². The van der Waals surface area contributed by atoms with Crippen LogP contribution in [0.2, 0.25) is 0 Å². The second-order valence-corrected chi connectivity index (χ2v) is 12.3. The number of benzene rings is 4. The Morgan fingerprint density at radius 3 is 1.29 bits per heavy atom. The summed E-state index contributed by atoms with van der Waals surface area (Å²) in [6, 6.07) is 25.5. The Labute approximate surface area is 254 Å². The Kier molecular flexibility index (Phi) is 11.0. The lowest BCUT2D eigenvalue weighted by Gasteiger charge is -2.26. The van der Waals surface area contributed by atoms with Crippen LogP contribution in [0.15, 0.2) is 72.8 Å². The first-order valence-electron chi connectivity index (χ1n) is 15.4. The summed E-state index contributed by atoms with van der Waals surface area (Å²) in [7, 11) is -2.96. The highest BCUT2D eigenvalue weighted by atomic mass is 31.1. The minimum Gasteiger partial charge on any atom is -0.298 e. The van der Waals surface area contributed by atoms with E-state index in [0.717, 1.165) is 47.9 Å². The Hall–Kier alpha value is -2.97. The molecule has 4 aromatic rings. The predicted octanol–water partition coefficient (Wildman–Crippen LogP) is 10.5. The maximum atomic E-state index is 14.1. The highest BCUT2D eigenvalue weighted by Crippen LogP contribution is 2.45. The molecule has 4 heteroatoms. The van der Waals surface area contributed by atoms with Crippen LogP contribution in [-0.2, 0) is 39.3 Å². The zero-order valence-electron chi connectivity index (χ0n) is 26.6. The van der Waals surface area contributed by atoms with Crippen molar-refractivity contribution in [2.24, 2.45) is 0 Å². The summed E-state index contributed by atoms with van der Waals surface area (Å²) in [6.45, 7) is 17.2. The molecule has 0 heterocycles. The topological polar surface area (TPSA) is 35.5 Å². The molecule has 0 aliphatic carbocycles. The van der Waals surface area contributed by atoms with Crippen molar-refractivity contribution in [2.45, 2.75) is 93.3 Å². The van der Waals surface area contributed by atoms with E-state index in [1.807, 2.05) is 0 Å². The normalized spacial score (nSPS) is 13.6. The minimum absolute atomic E-state index is 0.495. The van der Waals surface area contributed by atoms with Gasteiger partial charge in [-0.05, 0) is 120 Å². The van der Waals surface area contributed by atoms with Crippen LogP contribution < -0.4 is 0 Å². The quantitative estimate of drug-likeness (QED) is 0.156. The second kappa shape index (κ2) is 14.5. The van der Waals surface area contributed by atoms with Crippen LogP contribution in [0, 0.1) is 27.7 Å². The summed E-state index contributed by atoms with van der Waals surface area (Å²) >= 11 is 0. The Bertz CT molecular complexity index is 1440. The van der Waals surface area contributed by atoms with Gasteiger partial charge in [-0.15, -0.1) is 0 Å². The monoisotopic (exact) mass is 582 g/mol. The molecule has 4 aromatic carbocycles. The maximum Gasteiger partial charge on any atom is 0.320 e. The van der Waals surface area contributed by atoms with Crippen molar-refractivity contribution >= 4 is 8.25 Å². The molecule has 2 unspecified atom stereocenters. The molecule has 0 N–H and O–H groups in total. The molecule has 0 spiro atoms. The molecule has 2 atom stereocenters. The van der Waals surface area contributed by atoms with E-state index in [4.69, 9.17) is 9.05 Å². The zero-order valence-corrected chi connectivity index (χ0v) is 27.6. The van der Waals surface area contributed by atoms with E-state index < -0.39 is 20.5 Å². The molecule has 0 aliphatic heterocycles. The highest BCUT2D eigenvalue weighted by molar-refractivity contribution is 7.33. The van der Waals surface area contributed by atoms with Crippen LogP contribution >= 0.6 is 8.25 Å². The molecule has 222 valence electrons. The van der Waals surface area contributed by atoms with E-state index in [-0.39, 0.29) is 0 Å². The van der Waals surface area contributed by atoms with Gasteiger partial charge in [0.15, 0.2) is 0 Å². The third-order valence-corrected chi connectivity index (χ3v) is 9.60. The van der Waals surface area contributed by atoms with Crippen molar-refractivity contribution in [3.63, 3.8) is 0 Å². The number of hydrogen-bond donors (Lipinski definition) is 0. The Morgan fingerprint density at radius 1 is 0.548 bits per heavy atom. The van der Waals surface area contributed by atoms with Crippen molar-refractivity contribution in [1.29, 1.82) is 0 Å². The number of hydrogen-bond acceptors (Lipinski definition) is 3. The fourth-order valence-corrected chi connectivity index (χ4v) is 6.99. The van der Waals surface area contributed by atoms with Crippen molar-refractivity contribution in [1.82, 2.24) is 0 Å². The van der Waals surface area contributed by atoms with E-state index in [0.29, 0.717) is 0 Å². The van der Waals surface area contributed by atoms with Gasteiger partial charge >= 0.3 is 8.25 Å². The van der Waals surface area contributed by atoms with Crippen LogP contribution in [0.4, 0.5) is 0 Å². The van der Waals surface area contributed by atoms with Crippen LogP contribution in [0.5, 0.6) is 0 Å². The summed E-state index contributed by atoms with van der Waals surface area (Å²) in [5.74, 6) is 0. The Balaban J connectivity index is 1.80. The summed E-state index contributed by atoms with van der Waals surface area (Å²) < 4.78 is 27.2. The first kappa shape index (κ1) is 32.0. The lowest BCUT2D eigenvalue weighted by molar-refractivity contribution is 0.162. The molecule has 0 radical (unpaired) electrons. The van der Waals surface area contributed by atoms with Crippen LogP contribution in [-0.4, -0.2) is 0 Å². The standard InChI is InChI=1S/C38H47O3P/c1-9-29-15-13-17-35(33(29)11-3)37(31-21-19-25(5)27(7)23-31)40-42(39)41-38(32-22-20-26(6)28(8)24-32)36-18-14-16-30(10-2)34(36)12-4/h13-24,37-38,42H,9-12H2,1-8H3. The third kappa shape index (κ3) is 6.97. The minimum atomic E-state index is -2.96. The molecule has 42 heavy (non-hydrogen) atoms. The molecular formula is C38H47O3P. The molecule has 0 aromatic heterocycles. The van der Waals surface area contributed by atoms with Crippen molar-refractivity contribution in [3.05, 3.63) is 140 Å². The zero-order chi connectivity index (χ0) is 30.4. The van der Waals surface area contributed by atoms with Gasteiger partial charge in [-0.25, -0.2) is 0 Å². The van der Waals surface area contributed by atoms with Gasteiger partial charge in [-0.2, -0.15) is 0 Å². The van der Waals surface area contributed by atoms with E-state index in [1.165, 1.54) is 44.5 Å². The summed E-state index contributed by atoms with van der Waals surface area (Å²) in [4.78, 5) is 0. The average molecular weight is 583 g/mol. The number of rotatable bonds is 12. The van der Waals surface area contributed by atoms with Crippen molar-refractivity contribution < 1.29 is 13.6 Å². The largest absolute Gasteiger partial charge is 0.320 e. The molecule has 0 aliphatic rings. The summed E-state index contributed by atoms with van der Waals surface area (Å²) in [5.41, 5.74) is 14.0. The maximum absolute atomic E-state index is 14.1. The van der Waals surface area contributed by atoms with Crippen LogP contribution in [0.25, 0.3) is 0 Å². The highest BCUT2D eigenvalue weighted by Gasteiger charge is 2.27. The molecule has 0 fully saturated rings. The molecule has 0 bridgehead atoms. The smallest absolute Gasteiger partial charge is 0.298 e.